The number of nitriles is 1. The van der Waals surface area contributed by atoms with Crippen LogP contribution in [0.3, 0.4) is 0 Å². The van der Waals surface area contributed by atoms with Crippen LogP contribution in [0.15, 0.2) is 6.07 Å². The first-order valence-electron chi connectivity index (χ1n) is 7.99. The third-order valence-electron chi connectivity index (χ3n) is 4.39. The summed E-state index contributed by atoms with van der Waals surface area (Å²) in [5, 5.41) is 10.2. The lowest BCUT2D eigenvalue weighted by atomic mass is 9.95. The lowest BCUT2D eigenvalue weighted by Crippen LogP contribution is -2.12. The Bertz CT molecular complexity index is 808. The second-order valence-electron chi connectivity index (χ2n) is 5.84. The Morgan fingerprint density at radius 3 is 2.78 bits per heavy atom. The standard InChI is InChI=1S/C18H20N2O2S/c1-4-22-18(21)16-14-7-5-6-8-15(14)23-17(16)20-11(2)9-13(10-19)12(20)3/h9H,4-8H2,1-3H3. The zero-order chi connectivity index (χ0) is 16.6. The summed E-state index contributed by atoms with van der Waals surface area (Å²) in [4.78, 5) is 13.9. The molecule has 120 valence electrons. The average Bonchev–Trinajstić information content (AvgIpc) is 3.04. The first-order chi connectivity index (χ1) is 11.1. The molecule has 1 aliphatic carbocycles. The number of carbonyl (C=O) groups is 1. The van der Waals surface area contributed by atoms with Crippen LogP contribution in [0.25, 0.3) is 5.00 Å². The molecule has 2 aromatic heterocycles. The Kier molecular flexibility index (Phi) is 4.27. The summed E-state index contributed by atoms with van der Waals surface area (Å²) in [5.74, 6) is -0.243. The van der Waals surface area contributed by atoms with Crippen molar-refractivity contribution in [2.45, 2.75) is 46.5 Å². The number of esters is 1. The number of nitrogens with zero attached hydrogens (tertiary/aromatic N) is 2. The van der Waals surface area contributed by atoms with Crippen molar-refractivity contribution in [2.24, 2.45) is 0 Å². The largest absolute Gasteiger partial charge is 0.462 e. The molecule has 0 fully saturated rings. The molecule has 5 heteroatoms. The van der Waals surface area contributed by atoms with Crippen LogP contribution in [0.1, 0.15) is 57.5 Å². The van der Waals surface area contributed by atoms with Crippen LogP contribution < -0.4 is 0 Å². The van der Waals surface area contributed by atoms with E-state index >= 15 is 0 Å². The van der Waals surface area contributed by atoms with Gasteiger partial charge in [-0.05, 0) is 58.1 Å². The molecule has 4 nitrogen and oxygen atoms in total. The van der Waals surface area contributed by atoms with Gasteiger partial charge in [0, 0.05) is 16.3 Å². The molecule has 0 aliphatic heterocycles. The second-order valence-corrected chi connectivity index (χ2v) is 6.93. The van der Waals surface area contributed by atoms with Crippen molar-refractivity contribution in [3.05, 3.63) is 39.0 Å². The number of ether oxygens (including phenoxy) is 1. The molecule has 0 aromatic carbocycles. The van der Waals surface area contributed by atoms with E-state index in [4.69, 9.17) is 4.74 Å². The summed E-state index contributed by atoms with van der Waals surface area (Å²) < 4.78 is 7.35. The lowest BCUT2D eigenvalue weighted by Gasteiger charge is -2.13. The minimum Gasteiger partial charge on any atom is -0.462 e. The van der Waals surface area contributed by atoms with E-state index in [9.17, 15) is 10.1 Å². The van der Waals surface area contributed by atoms with E-state index in [0.717, 1.165) is 41.2 Å². The fraction of sp³-hybridized carbons (Fsp3) is 0.444. The van der Waals surface area contributed by atoms with Crippen molar-refractivity contribution in [2.75, 3.05) is 6.61 Å². The first-order valence-corrected chi connectivity index (χ1v) is 8.81. The highest BCUT2D eigenvalue weighted by Gasteiger charge is 2.28. The lowest BCUT2D eigenvalue weighted by molar-refractivity contribution is 0.0525. The van der Waals surface area contributed by atoms with Gasteiger partial charge >= 0.3 is 5.97 Å². The smallest absolute Gasteiger partial charge is 0.341 e. The minimum atomic E-state index is -0.243. The molecule has 2 aromatic rings. The summed E-state index contributed by atoms with van der Waals surface area (Å²) in [6.45, 7) is 6.10. The number of rotatable bonds is 3. The number of carbonyl (C=O) groups excluding carboxylic acids is 1. The van der Waals surface area contributed by atoms with Crippen molar-refractivity contribution in [1.29, 1.82) is 5.26 Å². The molecular formula is C18H20N2O2S. The van der Waals surface area contributed by atoms with Gasteiger partial charge in [-0.25, -0.2) is 4.79 Å². The van der Waals surface area contributed by atoms with Crippen molar-refractivity contribution in [1.82, 2.24) is 4.57 Å². The average molecular weight is 328 g/mol. The molecule has 2 heterocycles. The normalized spacial score (nSPS) is 13.5. The van der Waals surface area contributed by atoms with Gasteiger partial charge in [0.25, 0.3) is 0 Å². The molecule has 0 N–H and O–H groups in total. The van der Waals surface area contributed by atoms with Crippen LogP contribution in [0.4, 0.5) is 0 Å². The van der Waals surface area contributed by atoms with Gasteiger partial charge in [0.2, 0.25) is 0 Å². The highest BCUT2D eigenvalue weighted by atomic mass is 32.1. The summed E-state index contributed by atoms with van der Waals surface area (Å²) in [6, 6.07) is 4.11. The molecule has 0 saturated carbocycles. The van der Waals surface area contributed by atoms with Crippen LogP contribution in [-0.4, -0.2) is 17.1 Å². The Morgan fingerprint density at radius 1 is 1.39 bits per heavy atom. The van der Waals surface area contributed by atoms with Crippen molar-refractivity contribution < 1.29 is 9.53 Å². The molecule has 0 atom stereocenters. The zero-order valence-corrected chi connectivity index (χ0v) is 14.5. The second kappa shape index (κ2) is 6.21. The molecule has 0 bridgehead atoms. The highest BCUT2D eigenvalue weighted by Crippen LogP contribution is 2.39. The van der Waals surface area contributed by atoms with Gasteiger partial charge < -0.3 is 9.30 Å². The van der Waals surface area contributed by atoms with Crippen LogP contribution in [0, 0.1) is 25.2 Å². The third-order valence-corrected chi connectivity index (χ3v) is 5.66. The zero-order valence-electron chi connectivity index (χ0n) is 13.7. The van der Waals surface area contributed by atoms with E-state index in [-0.39, 0.29) is 5.97 Å². The molecule has 1 aliphatic rings. The fourth-order valence-electron chi connectivity index (χ4n) is 3.31. The summed E-state index contributed by atoms with van der Waals surface area (Å²) in [5.41, 5.74) is 4.37. The Balaban J connectivity index is 2.24. The fourth-order valence-corrected chi connectivity index (χ4v) is 4.80. The van der Waals surface area contributed by atoms with Crippen molar-refractivity contribution in [3.63, 3.8) is 0 Å². The SMILES string of the molecule is CCOC(=O)c1c(-n2c(C)cc(C#N)c2C)sc2c1CCCC2. The molecule has 0 unspecified atom stereocenters. The number of thiophene rings is 1. The van der Waals surface area contributed by atoms with Gasteiger partial charge in [-0.3, -0.25) is 0 Å². The van der Waals surface area contributed by atoms with Crippen LogP contribution >= 0.6 is 11.3 Å². The van der Waals surface area contributed by atoms with E-state index in [1.807, 2.05) is 31.4 Å². The maximum atomic E-state index is 12.6. The van der Waals surface area contributed by atoms with E-state index in [1.165, 1.54) is 11.3 Å². The minimum absolute atomic E-state index is 0.243. The quantitative estimate of drug-likeness (QED) is 0.798. The van der Waals surface area contributed by atoms with Crippen LogP contribution in [0.5, 0.6) is 0 Å². The summed E-state index contributed by atoms with van der Waals surface area (Å²) in [6.07, 6.45) is 4.24. The number of aromatic nitrogens is 1. The molecule has 0 amide bonds. The van der Waals surface area contributed by atoms with Crippen LogP contribution in [-0.2, 0) is 17.6 Å². The molecule has 23 heavy (non-hydrogen) atoms. The number of fused-ring (bicyclic) bond motifs is 1. The van der Waals surface area contributed by atoms with Gasteiger partial charge in [-0.1, -0.05) is 0 Å². The molecule has 3 rings (SSSR count). The topological polar surface area (TPSA) is 55.0 Å². The third kappa shape index (κ3) is 2.57. The molecule has 0 saturated heterocycles. The van der Waals surface area contributed by atoms with Gasteiger partial charge in [0.1, 0.15) is 11.1 Å². The summed E-state index contributed by atoms with van der Waals surface area (Å²) in [7, 11) is 0. The van der Waals surface area contributed by atoms with E-state index in [2.05, 4.69) is 6.07 Å². The van der Waals surface area contributed by atoms with E-state index in [1.54, 1.807) is 11.3 Å². The number of hydrogen-bond acceptors (Lipinski definition) is 4. The van der Waals surface area contributed by atoms with Gasteiger partial charge in [0.15, 0.2) is 0 Å². The molecule has 0 spiro atoms. The summed E-state index contributed by atoms with van der Waals surface area (Å²) >= 11 is 1.67. The van der Waals surface area contributed by atoms with Crippen molar-refractivity contribution in [3.8, 4) is 11.1 Å². The van der Waals surface area contributed by atoms with Gasteiger partial charge in [-0.15, -0.1) is 11.3 Å². The predicted molar refractivity (Wildman–Crippen MR) is 90.4 cm³/mol. The van der Waals surface area contributed by atoms with Gasteiger partial charge in [-0.2, -0.15) is 5.26 Å². The Labute approximate surface area is 140 Å². The van der Waals surface area contributed by atoms with E-state index in [0.29, 0.717) is 17.7 Å². The number of hydrogen-bond donors (Lipinski definition) is 0. The van der Waals surface area contributed by atoms with Crippen LogP contribution in [0.2, 0.25) is 0 Å². The highest BCUT2D eigenvalue weighted by molar-refractivity contribution is 7.15. The van der Waals surface area contributed by atoms with E-state index < -0.39 is 0 Å². The van der Waals surface area contributed by atoms with Crippen molar-refractivity contribution >= 4 is 17.3 Å². The Hall–Kier alpha value is -2.06. The molecule has 0 radical (unpaired) electrons. The maximum absolute atomic E-state index is 12.6. The number of aryl methyl sites for hydroxylation is 2. The maximum Gasteiger partial charge on any atom is 0.341 e. The monoisotopic (exact) mass is 328 g/mol. The Morgan fingerprint density at radius 2 is 2.13 bits per heavy atom. The predicted octanol–water partition coefficient (Wildman–Crippen LogP) is 4.08. The molecular weight excluding hydrogens is 308 g/mol. The van der Waals surface area contributed by atoms with Gasteiger partial charge in [0.05, 0.1) is 17.7 Å². The first kappa shape index (κ1) is 15.8.